The molecule has 0 unspecified atom stereocenters. The molecule has 0 aliphatic rings. The Kier molecular flexibility index (Phi) is 3.51. The van der Waals surface area contributed by atoms with Crippen LogP contribution in [0, 0.1) is 0 Å². The molecule has 0 fully saturated rings. The third kappa shape index (κ3) is 3.00. The van der Waals surface area contributed by atoms with E-state index in [4.69, 9.17) is 0 Å². The molecule has 0 saturated heterocycles. The van der Waals surface area contributed by atoms with Crippen molar-refractivity contribution >= 4 is 26.8 Å². The summed E-state index contributed by atoms with van der Waals surface area (Å²) in [7, 11) is 0. The number of hydrogen-bond donors (Lipinski definition) is 0. The van der Waals surface area contributed by atoms with Gasteiger partial charge in [0.2, 0.25) is 0 Å². The molecule has 1 nitrogen and oxygen atoms in total. The maximum atomic E-state index is 4.64. The number of pyridine rings is 1. The molecule has 1 heterocycles. The van der Waals surface area contributed by atoms with Crippen LogP contribution < -0.4 is 0 Å². The van der Waals surface area contributed by atoms with Gasteiger partial charge in [-0.3, -0.25) is 0 Å². The van der Waals surface area contributed by atoms with Gasteiger partial charge in [-0.1, -0.05) is 47.6 Å². The van der Waals surface area contributed by atoms with Gasteiger partial charge in [-0.25, -0.2) is 4.98 Å². The largest absolute Gasteiger partial charge is 0.241 e. The molecule has 0 spiro atoms. The first-order valence-electron chi connectivity index (χ1n) is 6.70. The average Bonchev–Trinajstić information content (AvgIpc) is 2.24. The van der Waals surface area contributed by atoms with Crippen molar-refractivity contribution in [1.82, 2.24) is 4.98 Å². The summed E-state index contributed by atoms with van der Waals surface area (Å²) in [5.41, 5.74) is 4.05. The highest BCUT2D eigenvalue weighted by Crippen LogP contribution is 2.35. The van der Waals surface area contributed by atoms with E-state index >= 15 is 0 Å². The molecule has 19 heavy (non-hydrogen) atoms. The molecule has 0 atom stereocenters. The third-order valence-corrected chi connectivity index (χ3v) is 3.89. The van der Waals surface area contributed by atoms with Crippen LogP contribution in [0.3, 0.4) is 0 Å². The van der Waals surface area contributed by atoms with Crippen molar-refractivity contribution in [3.8, 4) is 0 Å². The van der Waals surface area contributed by atoms with Crippen LogP contribution in [-0.2, 0) is 10.8 Å². The Bertz CT molecular complexity index is 615. The van der Waals surface area contributed by atoms with Crippen LogP contribution in [0.2, 0.25) is 0 Å². The van der Waals surface area contributed by atoms with Crippen molar-refractivity contribution in [2.75, 3.05) is 0 Å². The first-order chi connectivity index (χ1) is 8.59. The summed E-state index contributed by atoms with van der Waals surface area (Å²) in [6.45, 7) is 13.5. The smallest absolute Gasteiger partial charge is 0.106 e. The lowest BCUT2D eigenvalue weighted by Gasteiger charge is -2.26. The van der Waals surface area contributed by atoms with Crippen molar-refractivity contribution in [2.45, 2.75) is 52.4 Å². The lowest BCUT2D eigenvalue weighted by atomic mass is 9.79. The van der Waals surface area contributed by atoms with E-state index in [0.717, 1.165) is 10.1 Å². The molecule has 0 bridgehead atoms. The topological polar surface area (TPSA) is 12.9 Å². The second-order valence-corrected chi connectivity index (χ2v) is 8.04. The van der Waals surface area contributed by atoms with Gasteiger partial charge in [0.15, 0.2) is 0 Å². The van der Waals surface area contributed by atoms with Crippen LogP contribution in [0.1, 0.15) is 52.7 Å². The second kappa shape index (κ2) is 4.59. The number of halogens is 1. The summed E-state index contributed by atoms with van der Waals surface area (Å²) in [6, 6.07) is 8.75. The summed E-state index contributed by atoms with van der Waals surface area (Å²) in [5.74, 6) is 0. The first-order valence-corrected chi connectivity index (χ1v) is 7.49. The number of rotatable bonds is 0. The highest BCUT2D eigenvalue weighted by atomic mass is 79.9. The minimum absolute atomic E-state index is 0.120. The summed E-state index contributed by atoms with van der Waals surface area (Å²) < 4.78 is 0.894. The van der Waals surface area contributed by atoms with E-state index in [1.54, 1.807) is 0 Å². The lowest BCUT2D eigenvalue weighted by molar-refractivity contribution is 0.572. The van der Waals surface area contributed by atoms with E-state index in [-0.39, 0.29) is 10.8 Å². The molecule has 0 amide bonds. The van der Waals surface area contributed by atoms with E-state index in [2.05, 4.69) is 80.7 Å². The zero-order chi connectivity index (χ0) is 14.4. The standard InChI is InChI=1S/C17H22BrN/c1-16(2,3)11-9-13(17(4,5)6)12-7-8-15(18)19-14(12)10-11/h7-10H,1-6H3. The number of hydrogen-bond acceptors (Lipinski definition) is 1. The van der Waals surface area contributed by atoms with Gasteiger partial charge in [-0.15, -0.1) is 0 Å². The molecule has 2 heteroatoms. The van der Waals surface area contributed by atoms with E-state index < -0.39 is 0 Å². The van der Waals surface area contributed by atoms with Crippen molar-refractivity contribution < 1.29 is 0 Å². The van der Waals surface area contributed by atoms with E-state index in [1.807, 2.05) is 6.07 Å². The second-order valence-electron chi connectivity index (χ2n) is 7.22. The van der Waals surface area contributed by atoms with Crippen molar-refractivity contribution in [3.05, 3.63) is 40.0 Å². The van der Waals surface area contributed by atoms with Crippen molar-refractivity contribution in [3.63, 3.8) is 0 Å². The average molecular weight is 320 g/mol. The number of aromatic nitrogens is 1. The summed E-state index contributed by atoms with van der Waals surface area (Å²) in [6.07, 6.45) is 0. The Hall–Kier alpha value is -0.890. The fourth-order valence-corrected chi connectivity index (χ4v) is 2.59. The highest BCUT2D eigenvalue weighted by Gasteiger charge is 2.22. The summed E-state index contributed by atoms with van der Waals surface area (Å²) in [5, 5.41) is 1.25. The predicted octanol–water partition coefficient (Wildman–Crippen LogP) is 5.59. The lowest BCUT2D eigenvalue weighted by Crippen LogP contribution is -2.17. The molecule has 1 aromatic heterocycles. The van der Waals surface area contributed by atoms with Gasteiger partial charge in [0, 0.05) is 5.39 Å². The molecule has 0 saturated carbocycles. The van der Waals surface area contributed by atoms with Crippen LogP contribution in [0.15, 0.2) is 28.9 Å². The summed E-state index contributed by atoms with van der Waals surface area (Å²) >= 11 is 3.47. The van der Waals surface area contributed by atoms with Gasteiger partial charge in [0.05, 0.1) is 5.52 Å². The Balaban J connectivity index is 2.84. The minimum Gasteiger partial charge on any atom is -0.241 e. The maximum Gasteiger partial charge on any atom is 0.106 e. The van der Waals surface area contributed by atoms with Crippen LogP contribution in [0.25, 0.3) is 10.9 Å². The fourth-order valence-electron chi connectivity index (χ4n) is 2.26. The highest BCUT2D eigenvalue weighted by molar-refractivity contribution is 9.10. The van der Waals surface area contributed by atoms with Crippen LogP contribution in [0.4, 0.5) is 0 Å². The minimum atomic E-state index is 0.120. The molecule has 1 aromatic carbocycles. The molecule has 0 aliphatic carbocycles. The molecule has 0 N–H and O–H groups in total. The predicted molar refractivity (Wildman–Crippen MR) is 86.8 cm³/mol. The van der Waals surface area contributed by atoms with Gasteiger partial charge in [0.1, 0.15) is 4.60 Å². The zero-order valence-corrected chi connectivity index (χ0v) is 14.2. The molecule has 2 aromatic rings. The van der Waals surface area contributed by atoms with Gasteiger partial charge < -0.3 is 0 Å². The first kappa shape index (κ1) is 14.5. The Morgan fingerprint density at radius 3 is 2.05 bits per heavy atom. The number of benzene rings is 1. The van der Waals surface area contributed by atoms with Gasteiger partial charge in [-0.2, -0.15) is 0 Å². The third-order valence-electron chi connectivity index (χ3n) is 3.45. The van der Waals surface area contributed by atoms with Crippen molar-refractivity contribution in [2.24, 2.45) is 0 Å². The molecular formula is C17H22BrN. The normalized spacial score (nSPS) is 13.0. The molecular weight excluding hydrogens is 298 g/mol. The zero-order valence-electron chi connectivity index (χ0n) is 12.6. The SMILES string of the molecule is CC(C)(C)c1cc(C(C)(C)C)c2ccc(Br)nc2c1. The van der Waals surface area contributed by atoms with Crippen LogP contribution in [-0.4, -0.2) is 4.98 Å². The quantitative estimate of drug-likeness (QED) is 0.576. The van der Waals surface area contributed by atoms with Crippen LogP contribution in [0.5, 0.6) is 0 Å². The van der Waals surface area contributed by atoms with E-state index in [1.165, 1.54) is 16.5 Å². The van der Waals surface area contributed by atoms with Gasteiger partial charge >= 0.3 is 0 Å². The van der Waals surface area contributed by atoms with Crippen LogP contribution >= 0.6 is 15.9 Å². The molecule has 0 aliphatic heterocycles. The molecule has 2 rings (SSSR count). The summed E-state index contributed by atoms with van der Waals surface area (Å²) in [4.78, 5) is 4.64. The van der Waals surface area contributed by atoms with E-state index in [0.29, 0.717) is 0 Å². The Morgan fingerprint density at radius 2 is 1.53 bits per heavy atom. The Labute approximate surface area is 124 Å². The fraction of sp³-hybridized carbons (Fsp3) is 0.471. The van der Waals surface area contributed by atoms with E-state index in [9.17, 15) is 0 Å². The van der Waals surface area contributed by atoms with Crippen molar-refractivity contribution in [1.29, 1.82) is 0 Å². The number of fused-ring (bicyclic) bond motifs is 1. The Morgan fingerprint density at radius 1 is 0.895 bits per heavy atom. The molecule has 102 valence electrons. The van der Waals surface area contributed by atoms with Gasteiger partial charge in [0.25, 0.3) is 0 Å². The molecule has 0 radical (unpaired) electrons. The monoisotopic (exact) mass is 319 g/mol. The number of nitrogens with zero attached hydrogens (tertiary/aromatic N) is 1. The maximum absolute atomic E-state index is 4.64. The van der Waals surface area contributed by atoms with Gasteiger partial charge in [-0.05, 0) is 56.1 Å².